The molecule has 1 aromatic rings. The van der Waals surface area contributed by atoms with Gasteiger partial charge in [0.15, 0.2) is 0 Å². The summed E-state index contributed by atoms with van der Waals surface area (Å²) < 4.78 is 7.20. The third kappa shape index (κ3) is 3.16. The predicted octanol–water partition coefficient (Wildman–Crippen LogP) is 0.0250. The molecule has 1 aliphatic heterocycles. The van der Waals surface area contributed by atoms with Crippen LogP contribution in [0.15, 0.2) is 6.33 Å². The second-order valence-electron chi connectivity index (χ2n) is 5.27. The first-order valence-corrected chi connectivity index (χ1v) is 7.04. The van der Waals surface area contributed by atoms with Gasteiger partial charge in [0.05, 0.1) is 13.2 Å². The van der Waals surface area contributed by atoms with E-state index in [9.17, 15) is 4.79 Å². The summed E-state index contributed by atoms with van der Waals surface area (Å²) in [5.41, 5.74) is -0.638. The van der Waals surface area contributed by atoms with Crippen LogP contribution in [0, 0.1) is 0 Å². The van der Waals surface area contributed by atoms with Crippen molar-refractivity contribution in [2.24, 2.45) is 0 Å². The number of esters is 1. The summed E-state index contributed by atoms with van der Waals surface area (Å²) in [6, 6.07) is 0. The van der Waals surface area contributed by atoms with Crippen molar-refractivity contribution in [3.8, 4) is 0 Å². The van der Waals surface area contributed by atoms with E-state index in [4.69, 9.17) is 4.74 Å². The Morgan fingerprint density at radius 1 is 1.55 bits per heavy atom. The number of hydrogen-bond donors (Lipinski definition) is 1. The fourth-order valence-electron chi connectivity index (χ4n) is 2.31. The molecule has 2 heterocycles. The molecular weight excluding hydrogens is 258 g/mol. The van der Waals surface area contributed by atoms with Gasteiger partial charge >= 0.3 is 5.97 Å². The second kappa shape index (κ2) is 6.32. The molecule has 7 heteroatoms. The fourth-order valence-corrected chi connectivity index (χ4v) is 2.31. The van der Waals surface area contributed by atoms with Crippen LogP contribution >= 0.6 is 0 Å². The van der Waals surface area contributed by atoms with Gasteiger partial charge in [-0.15, -0.1) is 10.2 Å². The molecule has 1 aliphatic rings. The molecule has 1 unspecified atom stereocenters. The molecule has 0 saturated carbocycles. The monoisotopic (exact) mass is 281 g/mol. The average molecular weight is 281 g/mol. The number of carbonyl (C=O) groups is 1. The van der Waals surface area contributed by atoms with E-state index in [0.717, 1.165) is 32.0 Å². The first kappa shape index (κ1) is 14.9. The number of likely N-dealkylation sites (N-methyl/N-ethyl adjacent to an activating group) is 1. The number of ether oxygens (including phenoxy) is 1. The molecular formula is C13H23N5O2. The average Bonchev–Trinajstić information content (AvgIpc) is 2.92. The van der Waals surface area contributed by atoms with Crippen molar-refractivity contribution in [3.63, 3.8) is 0 Å². The van der Waals surface area contributed by atoms with E-state index in [1.807, 2.05) is 13.8 Å². The number of aromatic nitrogens is 3. The Kier molecular flexibility index (Phi) is 4.72. The Bertz CT molecular complexity index is 461. The smallest absolute Gasteiger partial charge is 0.326 e. The minimum absolute atomic E-state index is 0.192. The van der Waals surface area contributed by atoms with Crippen molar-refractivity contribution in [2.45, 2.75) is 38.9 Å². The van der Waals surface area contributed by atoms with Crippen LogP contribution in [-0.2, 0) is 22.6 Å². The highest BCUT2D eigenvalue weighted by Crippen LogP contribution is 2.15. The van der Waals surface area contributed by atoms with Crippen LogP contribution < -0.4 is 5.32 Å². The quantitative estimate of drug-likeness (QED) is 0.742. The van der Waals surface area contributed by atoms with E-state index in [0.29, 0.717) is 13.0 Å². The van der Waals surface area contributed by atoms with Gasteiger partial charge in [-0.25, -0.2) is 0 Å². The SMILES string of the molecule is CCOC(=O)C(C)(CCN1CCn2cnnc2C1)NC. The maximum atomic E-state index is 12.0. The molecule has 2 rings (SSSR count). The summed E-state index contributed by atoms with van der Waals surface area (Å²) in [5.74, 6) is 0.793. The van der Waals surface area contributed by atoms with Crippen molar-refractivity contribution in [2.75, 3.05) is 26.7 Å². The van der Waals surface area contributed by atoms with Crippen LogP contribution in [0.25, 0.3) is 0 Å². The molecule has 20 heavy (non-hydrogen) atoms. The molecule has 0 spiro atoms. The highest BCUT2D eigenvalue weighted by atomic mass is 16.5. The molecule has 0 bridgehead atoms. The van der Waals surface area contributed by atoms with Crippen LogP contribution in [0.5, 0.6) is 0 Å². The Hall–Kier alpha value is -1.47. The zero-order valence-corrected chi connectivity index (χ0v) is 12.4. The highest BCUT2D eigenvalue weighted by molar-refractivity contribution is 5.80. The molecule has 0 radical (unpaired) electrons. The lowest BCUT2D eigenvalue weighted by Gasteiger charge is -2.32. The summed E-state index contributed by atoms with van der Waals surface area (Å²) in [4.78, 5) is 14.3. The van der Waals surface area contributed by atoms with E-state index in [2.05, 4.69) is 25.0 Å². The minimum atomic E-state index is -0.638. The Balaban J connectivity index is 1.89. The lowest BCUT2D eigenvalue weighted by atomic mass is 9.97. The molecule has 0 aliphatic carbocycles. The van der Waals surface area contributed by atoms with Gasteiger partial charge < -0.3 is 14.6 Å². The molecule has 1 atom stereocenters. The van der Waals surface area contributed by atoms with Gasteiger partial charge in [0.2, 0.25) is 0 Å². The van der Waals surface area contributed by atoms with Crippen LogP contribution in [-0.4, -0.2) is 57.9 Å². The first-order chi connectivity index (χ1) is 9.59. The van der Waals surface area contributed by atoms with E-state index < -0.39 is 5.54 Å². The lowest BCUT2D eigenvalue weighted by Crippen LogP contribution is -2.51. The van der Waals surface area contributed by atoms with Crippen molar-refractivity contribution >= 4 is 5.97 Å². The molecule has 0 fully saturated rings. The Morgan fingerprint density at radius 3 is 3.05 bits per heavy atom. The topological polar surface area (TPSA) is 72.3 Å². The molecule has 1 N–H and O–H groups in total. The zero-order valence-electron chi connectivity index (χ0n) is 12.4. The Labute approximate surface area is 119 Å². The van der Waals surface area contributed by atoms with E-state index >= 15 is 0 Å². The van der Waals surface area contributed by atoms with Crippen molar-refractivity contribution in [1.29, 1.82) is 0 Å². The summed E-state index contributed by atoms with van der Waals surface area (Å²) in [7, 11) is 1.80. The third-order valence-corrected chi connectivity index (χ3v) is 3.92. The lowest BCUT2D eigenvalue weighted by molar-refractivity contribution is -0.150. The number of carbonyl (C=O) groups excluding carboxylic acids is 1. The molecule has 7 nitrogen and oxygen atoms in total. The summed E-state index contributed by atoms with van der Waals surface area (Å²) in [6.45, 7) is 7.57. The molecule has 0 amide bonds. The van der Waals surface area contributed by atoms with Gasteiger partial charge in [-0.3, -0.25) is 9.69 Å². The van der Waals surface area contributed by atoms with Crippen LogP contribution in [0.4, 0.5) is 0 Å². The fraction of sp³-hybridized carbons (Fsp3) is 0.769. The van der Waals surface area contributed by atoms with Crippen molar-refractivity contribution in [1.82, 2.24) is 25.0 Å². The van der Waals surface area contributed by atoms with Gasteiger partial charge in [-0.2, -0.15) is 0 Å². The van der Waals surface area contributed by atoms with E-state index in [1.54, 1.807) is 13.4 Å². The highest BCUT2D eigenvalue weighted by Gasteiger charge is 2.33. The van der Waals surface area contributed by atoms with Gasteiger partial charge in [-0.1, -0.05) is 0 Å². The largest absolute Gasteiger partial charge is 0.465 e. The number of nitrogens with one attached hydrogen (secondary N) is 1. The zero-order chi connectivity index (χ0) is 14.6. The molecule has 0 aromatic carbocycles. The maximum absolute atomic E-state index is 12.0. The van der Waals surface area contributed by atoms with E-state index in [1.165, 1.54) is 0 Å². The predicted molar refractivity (Wildman–Crippen MR) is 74.0 cm³/mol. The van der Waals surface area contributed by atoms with Gasteiger partial charge in [0.1, 0.15) is 17.7 Å². The third-order valence-electron chi connectivity index (χ3n) is 3.92. The summed E-state index contributed by atoms with van der Waals surface area (Å²) in [6.07, 6.45) is 2.47. The standard InChI is InChI=1S/C13H23N5O2/c1-4-20-12(19)13(2,14-3)5-6-17-7-8-18-10-15-16-11(18)9-17/h10,14H,4-9H2,1-3H3. The van der Waals surface area contributed by atoms with Crippen LogP contribution in [0.1, 0.15) is 26.1 Å². The van der Waals surface area contributed by atoms with Crippen molar-refractivity contribution < 1.29 is 9.53 Å². The molecule has 112 valence electrons. The van der Waals surface area contributed by atoms with Crippen LogP contribution in [0.3, 0.4) is 0 Å². The van der Waals surface area contributed by atoms with Gasteiger partial charge in [0.25, 0.3) is 0 Å². The number of nitrogens with zero attached hydrogens (tertiary/aromatic N) is 4. The van der Waals surface area contributed by atoms with E-state index in [-0.39, 0.29) is 5.97 Å². The molecule has 1 aromatic heterocycles. The summed E-state index contributed by atoms with van der Waals surface area (Å²) in [5, 5.41) is 11.1. The maximum Gasteiger partial charge on any atom is 0.326 e. The summed E-state index contributed by atoms with van der Waals surface area (Å²) >= 11 is 0. The van der Waals surface area contributed by atoms with Crippen LogP contribution in [0.2, 0.25) is 0 Å². The number of hydrogen-bond acceptors (Lipinski definition) is 6. The number of rotatable bonds is 6. The van der Waals surface area contributed by atoms with Crippen molar-refractivity contribution in [3.05, 3.63) is 12.2 Å². The minimum Gasteiger partial charge on any atom is -0.465 e. The number of fused-ring (bicyclic) bond motifs is 1. The molecule has 0 saturated heterocycles. The normalized spacial score (nSPS) is 18.4. The van der Waals surface area contributed by atoms with Gasteiger partial charge in [-0.05, 0) is 27.3 Å². The first-order valence-electron chi connectivity index (χ1n) is 7.04. The van der Waals surface area contributed by atoms with Gasteiger partial charge in [0, 0.05) is 19.6 Å². The second-order valence-corrected chi connectivity index (χ2v) is 5.27. The Morgan fingerprint density at radius 2 is 2.35 bits per heavy atom.